The fourth-order valence-electron chi connectivity index (χ4n) is 2.50. The Balaban J connectivity index is 2.09. The van der Waals surface area contributed by atoms with Crippen LogP contribution in [0.3, 0.4) is 0 Å². The lowest BCUT2D eigenvalue weighted by molar-refractivity contribution is 0.0669. The molecule has 0 heterocycles. The Morgan fingerprint density at radius 1 is 1.47 bits per heavy atom. The van der Waals surface area contributed by atoms with Gasteiger partial charge in [0.1, 0.15) is 0 Å². The summed E-state index contributed by atoms with van der Waals surface area (Å²) in [5.74, 6) is -0.446. The van der Waals surface area contributed by atoms with E-state index in [1.54, 1.807) is 25.3 Å². The second-order valence-electron chi connectivity index (χ2n) is 4.92. The molecule has 2 unspecified atom stereocenters. The molecule has 2 rings (SSSR count). The fourth-order valence-corrected chi connectivity index (χ4v) is 2.67. The van der Waals surface area contributed by atoms with Gasteiger partial charge in [-0.15, -0.1) is 0 Å². The van der Waals surface area contributed by atoms with Gasteiger partial charge in [-0.2, -0.15) is 0 Å². The van der Waals surface area contributed by atoms with Gasteiger partial charge in [-0.25, -0.2) is 0 Å². The van der Waals surface area contributed by atoms with Crippen molar-refractivity contribution < 1.29 is 9.53 Å². The molecule has 1 aliphatic rings. The Labute approximate surface area is 118 Å². The highest BCUT2D eigenvalue weighted by Gasteiger charge is 2.22. The molecule has 19 heavy (non-hydrogen) atoms. The Morgan fingerprint density at radius 2 is 2.26 bits per heavy atom. The number of halogens is 1. The number of nitrogens with one attached hydrogen (secondary N) is 1. The normalized spacial score (nSPS) is 23.1. The van der Waals surface area contributed by atoms with Crippen molar-refractivity contribution in [2.45, 2.75) is 37.8 Å². The quantitative estimate of drug-likeness (QED) is 0.892. The monoisotopic (exact) mass is 282 g/mol. The molecule has 3 N–H and O–H groups in total. The molecule has 1 amide bonds. The SMILES string of the molecule is COC1CCCC(Nc2cc(C(N)=O)ccc2Cl)C1. The third-order valence-electron chi connectivity index (χ3n) is 3.57. The van der Waals surface area contributed by atoms with Crippen molar-refractivity contribution in [1.82, 2.24) is 0 Å². The topological polar surface area (TPSA) is 64.3 Å². The van der Waals surface area contributed by atoms with E-state index in [-0.39, 0.29) is 0 Å². The number of methoxy groups -OCH3 is 1. The van der Waals surface area contributed by atoms with E-state index < -0.39 is 5.91 Å². The summed E-state index contributed by atoms with van der Waals surface area (Å²) >= 11 is 6.14. The zero-order valence-electron chi connectivity index (χ0n) is 11.0. The van der Waals surface area contributed by atoms with Crippen LogP contribution in [0.15, 0.2) is 18.2 Å². The zero-order valence-corrected chi connectivity index (χ0v) is 11.7. The Hall–Kier alpha value is -1.26. The molecule has 2 atom stereocenters. The predicted octanol–water partition coefficient (Wildman–Crippen LogP) is 2.81. The number of nitrogens with two attached hydrogens (primary N) is 1. The highest BCUT2D eigenvalue weighted by molar-refractivity contribution is 6.33. The van der Waals surface area contributed by atoms with Crippen molar-refractivity contribution in [2.75, 3.05) is 12.4 Å². The second kappa shape index (κ2) is 6.26. The Morgan fingerprint density at radius 3 is 2.95 bits per heavy atom. The van der Waals surface area contributed by atoms with Gasteiger partial charge in [-0.05, 0) is 43.9 Å². The maximum Gasteiger partial charge on any atom is 0.248 e. The third kappa shape index (κ3) is 3.61. The summed E-state index contributed by atoms with van der Waals surface area (Å²) < 4.78 is 5.40. The van der Waals surface area contributed by atoms with Crippen LogP contribution in [-0.2, 0) is 4.74 Å². The molecule has 0 aliphatic heterocycles. The number of hydrogen-bond acceptors (Lipinski definition) is 3. The molecule has 104 valence electrons. The van der Waals surface area contributed by atoms with Crippen molar-refractivity contribution in [3.63, 3.8) is 0 Å². The maximum atomic E-state index is 11.2. The summed E-state index contributed by atoms with van der Waals surface area (Å²) in [5.41, 5.74) is 6.51. The first-order valence-corrected chi connectivity index (χ1v) is 6.86. The molecule has 5 heteroatoms. The molecule has 0 saturated heterocycles. The molecule has 1 aromatic carbocycles. The van der Waals surface area contributed by atoms with Gasteiger partial charge in [-0.1, -0.05) is 11.6 Å². The van der Waals surface area contributed by atoms with Crippen LogP contribution in [0.2, 0.25) is 5.02 Å². The number of carbonyl (C=O) groups excluding carboxylic acids is 1. The van der Waals surface area contributed by atoms with E-state index in [0.717, 1.165) is 31.4 Å². The third-order valence-corrected chi connectivity index (χ3v) is 3.90. The smallest absolute Gasteiger partial charge is 0.248 e. The first kappa shape index (κ1) is 14.2. The highest BCUT2D eigenvalue weighted by atomic mass is 35.5. The highest BCUT2D eigenvalue weighted by Crippen LogP contribution is 2.28. The van der Waals surface area contributed by atoms with E-state index in [9.17, 15) is 4.79 Å². The minimum atomic E-state index is -0.446. The summed E-state index contributed by atoms with van der Waals surface area (Å²) in [6.07, 6.45) is 4.56. The molecule has 0 radical (unpaired) electrons. The number of primary amides is 1. The number of ether oxygens (including phenoxy) is 1. The standard InChI is InChI=1S/C14H19ClN2O2/c1-19-11-4-2-3-10(8-11)17-13-7-9(14(16)18)5-6-12(13)15/h5-7,10-11,17H,2-4,8H2,1H3,(H2,16,18). The van der Waals surface area contributed by atoms with Gasteiger partial charge in [-0.3, -0.25) is 4.79 Å². The van der Waals surface area contributed by atoms with Crippen LogP contribution in [0.25, 0.3) is 0 Å². The summed E-state index contributed by atoms with van der Waals surface area (Å²) in [6, 6.07) is 5.36. The number of anilines is 1. The van der Waals surface area contributed by atoms with Gasteiger partial charge in [0.2, 0.25) is 5.91 Å². The van der Waals surface area contributed by atoms with Crippen LogP contribution in [0, 0.1) is 0 Å². The van der Waals surface area contributed by atoms with E-state index in [1.807, 2.05) is 0 Å². The number of amides is 1. The van der Waals surface area contributed by atoms with Crippen LogP contribution in [0.4, 0.5) is 5.69 Å². The van der Waals surface area contributed by atoms with Crippen molar-refractivity contribution in [3.8, 4) is 0 Å². The van der Waals surface area contributed by atoms with Crippen LogP contribution < -0.4 is 11.1 Å². The Bertz CT molecular complexity index is 465. The molecule has 1 saturated carbocycles. The van der Waals surface area contributed by atoms with Crippen molar-refractivity contribution in [2.24, 2.45) is 5.73 Å². The van der Waals surface area contributed by atoms with Gasteiger partial charge in [0.05, 0.1) is 16.8 Å². The lowest BCUT2D eigenvalue weighted by atomic mass is 9.92. The minimum absolute atomic E-state index is 0.296. The summed E-state index contributed by atoms with van der Waals surface area (Å²) in [7, 11) is 1.74. The molecular formula is C14H19ClN2O2. The first-order valence-electron chi connectivity index (χ1n) is 6.49. The van der Waals surface area contributed by atoms with E-state index in [4.69, 9.17) is 22.1 Å². The van der Waals surface area contributed by atoms with Gasteiger partial charge < -0.3 is 15.8 Å². The zero-order chi connectivity index (χ0) is 13.8. The number of carbonyl (C=O) groups is 1. The van der Waals surface area contributed by atoms with Gasteiger partial charge in [0.25, 0.3) is 0 Å². The van der Waals surface area contributed by atoms with Gasteiger partial charge >= 0.3 is 0 Å². The molecule has 1 aliphatic carbocycles. The Kier molecular flexibility index (Phi) is 4.66. The van der Waals surface area contributed by atoms with Crippen LogP contribution in [0.1, 0.15) is 36.0 Å². The predicted molar refractivity (Wildman–Crippen MR) is 76.6 cm³/mol. The summed E-state index contributed by atoms with van der Waals surface area (Å²) in [6.45, 7) is 0. The maximum absolute atomic E-state index is 11.2. The second-order valence-corrected chi connectivity index (χ2v) is 5.33. The van der Waals surface area contributed by atoms with Crippen LogP contribution >= 0.6 is 11.6 Å². The molecule has 1 fully saturated rings. The van der Waals surface area contributed by atoms with E-state index in [0.29, 0.717) is 22.7 Å². The van der Waals surface area contributed by atoms with Crippen molar-refractivity contribution >= 4 is 23.2 Å². The van der Waals surface area contributed by atoms with E-state index in [2.05, 4.69) is 5.32 Å². The van der Waals surface area contributed by atoms with E-state index >= 15 is 0 Å². The molecular weight excluding hydrogens is 264 g/mol. The average molecular weight is 283 g/mol. The van der Waals surface area contributed by atoms with Crippen LogP contribution in [0.5, 0.6) is 0 Å². The molecule has 0 bridgehead atoms. The van der Waals surface area contributed by atoms with Gasteiger partial charge in [0, 0.05) is 18.7 Å². The molecule has 4 nitrogen and oxygen atoms in total. The van der Waals surface area contributed by atoms with E-state index in [1.165, 1.54) is 0 Å². The average Bonchev–Trinajstić information content (AvgIpc) is 2.41. The fraction of sp³-hybridized carbons (Fsp3) is 0.500. The van der Waals surface area contributed by atoms with Crippen molar-refractivity contribution in [3.05, 3.63) is 28.8 Å². The summed E-state index contributed by atoms with van der Waals surface area (Å²) in [4.78, 5) is 11.2. The van der Waals surface area contributed by atoms with Crippen molar-refractivity contribution in [1.29, 1.82) is 0 Å². The molecule has 0 aromatic heterocycles. The molecule has 1 aromatic rings. The largest absolute Gasteiger partial charge is 0.381 e. The minimum Gasteiger partial charge on any atom is -0.381 e. The lowest BCUT2D eigenvalue weighted by Crippen LogP contribution is -2.31. The summed E-state index contributed by atoms with van der Waals surface area (Å²) in [5, 5.41) is 3.99. The number of benzene rings is 1. The lowest BCUT2D eigenvalue weighted by Gasteiger charge is -2.29. The molecule has 0 spiro atoms. The number of rotatable bonds is 4. The van der Waals surface area contributed by atoms with Crippen LogP contribution in [-0.4, -0.2) is 25.2 Å². The number of hydrogen-bond donors (Lipinski definition) is 2. The van der Waals surface area contributed by atoms with Gasteiger partial charge in [0.15, 0.2) is 0 Å². The first-order chi connectivity index (χ1) is 9.10.